The maximum Gasteiger partial charge on any atom is 0.228 e. The van der Waals surface area contributed by atoms with Crippen LogP contribution in [0.3, 0.4) is 0 Å². The van der Waals surface area contributed by atoms with Crippen LogP contribution in [0.25, 0.3) is 11.5 Å². The SMILES string of the molecule is CCC(Cc1nc(-c2ccn(C)n2)no1)NC. The van der Waals surface area contributed by atoms with Crippen molar-refractivity contribution in [1.29, 1.82) is 0 Å². The Kier molecular flexibility index (Phi) is 3.53. The highest BCUT2D eigenvalue weighted by atomic mass is 16.5. The molecule has 1 atom stereocenters. The molecule has 6 nitrogen and oxygen atoms in total. The summed E-state index contributed by atoms with van der Waals surface area (Å²) in [7, 11) is 3.79. The van der Waals surface area contributed by atoms with Crippen LogP contribution in [0, 0.1) is 0 Å². The molecule has 0 bridgehead atoms. The van der Waals surface area contributed by atoms with Crippen LogP contribution in [0.2, 0.25) is 0 Å². The first-order valence-corrected chi connectivity index (χ1v) is 5.72. The van der Waals surface area contributed by atoms with Crippen molar-refractivity contribution in [3.8, 4) is 11.5 Å². The van der Waals surface area contributed by atoms with E-state index in [4.69, 9.17) is 4.52 Å². The molecule has 0 aromatic carbocycles. The minimum absolute atomic E-state index is 0.368. The molecule has 0 aliphatic heterocycles. The third-order valence-electron chi connectivity index (χ3n) is 2.73. The van der Waals surface area contributed by atoms with E-state index in [-0.39, 0.29) is 0 Å². The second-order valence-corrected chi connectivity index (χ2v) is 3.98. The van der Waals surface area contributed by atoms with Gasteiger partial charge in [-0.1, -0.05) is 12.1 Å². The van der Waals surface area contributed by atoms with Gasteiger partial charge in [0.15, 0.2) is 0 Å². The number of likely N-dealkylation sites (N-methyl/N-ethyl adjacent to an activating group) is 1. The molecule has 0 aliphatic rings. The van der Waals surface area contributed by atoms with E-state index in [0.29, 0.717) is 17.8 Å². The van der Waals surface area contributed by atoms with E-state index in [1.165, 1.54) is 0 Å². The standard InChI is InChI=1S/C11H17N5O/c1-4-8(12-2)7-10-13-11(15-17-10)9-5-6-16(3)14-9/h5-6,8,12H,4,7H2,1-3H3. The molecule has 0 aliphatic carbocycles. The Balaban J connectivity index is 2.10. The van der Waals surface area contributed by atoms with Gasteiger partial charge in [0.1, 0.15) is 5.69 Å². The van der Waals surface area contributed by atoms with Crippen molar-refractivity contribution in [3.63, 3.8) is 0 Å². The van der Waals surface area contributed by atoms with Gasteiger partial charge < -0.3 is 9.84 Å². The van der Waals surface area contributed by atoms with Crippen molar-refractivity contribution >= 4 is 0 Å². The molecule has 17 heavy (non-hydrogen) atoms. The number of rotatable bonds is 5. The van der Waals surface area contributed by atoms with E-state index < -0.39 is 0 Å². The third-order valence-corrected chi connectivity index (χ3v) is 2.73. The molecular formula is C11H17N5O. The first kappa shape index (κ1) is 11.8. The van der Waals surface area contributed by atoms with E-state index >= 15 is 0 Å². The molecule has 0 amide bonds. The molecule has 0 saturated carbocycles. The molecule has 2 aromatic rings. The molecular weight excluding hydrogens is 218 g/mol. The fraction of sp³-hybridized carbons (Fsp3) is 0.545. The number of aryl methyl sites for hydroxylation is 1. The molecule has 1 N–H and O–H groups in total. The van der Waals surface area contributed by atoms with Crippen LogP contribution in [-0.4, -0.2) is 33.0 Å². The Morgan fingerprint density at radius 3 is 2.94 bits per heavy atom. The summed E-state index contributed by atoms with van der Waals surface area (Å²) in [6.07, 6.45) is 3.62. The van der Waals surface area contributed by atoms with Crippen LogP contribution in [0.5, 0.6) is 0 Å². The van der Waals surface area contributed by atoms with Gasteiger partial charge in [-0.3, -0.25) is 4.68 Å². The summed E-state index contributed by atoms with van der Waals surface area (Å²) in [4.78, 5) is 4.34. The largest absolute Gasteiger partial charge is 0.339 e. The fourth-order valence-electron chi connectivity index (χ4n) is 1.64. The molecule has 0 radical (unpaired) electrons. The summed E-state index contributed by atoms with van der Waals surface area (Å²) >= 11 is 0. The van der Waals surface area contributed by atoms with Gasteiger partial charge in [-0.25, -0.2) is 0 Å². The first-order valence-electron chi connectivity index (χ1n) is 5.72. The number of hydrogen-bond acceptors (Lipinski definition) is 5. The molecule has 2 rings (SSSR count). The lowest BCUT2D eigenvalue weighted by molar-refractivity contribution is 0.359. The Morgan fingerprint density at radius 2 is 2.35 bits per heavy atom. The van der Waals surface area contributed by atoms with E-state index in [9.17, 15) is 0 Å². The van der Waals surface area contributed by atoms with Gasteiger partial charge in [-0.2, -0.15) is 10.1 Å². The third kappa shape index (κ3) is 2.71. The fourth-order valence-corrected chi connectivity index (χ4v) is 1.64. The lowest BCUT2D eigenvalue weighted by atomic mass is 10.1. The molecule has 6 heteroatoms. The van der Waals surface area contributed by atoms with Crippen LogP contribution in [0.4, 0.5) is 0 Å². The second-order valence-electron chi connectivity index (χ2n) is 3.98. The van der Waals surface area contributed by atoms with Gasteiger partial charge in [0, 0.05) is 25.7 Å². The predicted octanol–water partition coefficient (Wildman–Crippen LogP) is 1.01. The van der Waals surface area contributed by atoms with Crippen molar-refractivity contribution < 1.29 is 4.52 Å². The van der Waals surface area contributed by atoms with E-state index in [1.807, 2.05) is 26.4 Å². The monoisotopic (exact) mass is 235 g/mol. The lowest BCUT2D eigenvalue weighted by Gasteiger charge is -2.09. The number of nitrogens with one attached hydrogen (secondary N) is 1. The van der Waals surface area contributed by atoms with Crippen molar-refractivity contribution in [2.45, 2.75) is 25.8 Å². The highest BCUT2D eigenvalue weighted by molar-refractivity contribution is 5.46. The van der Waals surface area contributed by atoms with Gasteiger partial charge in [-0.05, 0) is 19.5 Å². The average molecular weight is 235 g/mol. The van der Waals surface area contributed by atoms with E-state index in [1.54, 1.807) is 4.68 Å². The zero-order valence-corrected chi connectivity index (χ0v) is 10.3. The second kappa shape index (κ2) is 5.09. The Bertz CT molecular complexity index is 472. The number of nitrogens with zero attached hydrogens (tertiary/aromatic N) is 4. The minimum Gasteiger partial charge on any atom is -0.339 e. The molecule has 2 heterocycles. The van der Waals surface area contributed by atoms with Crippen LogP contribution in [0.15, 0.2) is 16.8 Å². The zero-order valence-electron chi connectivity index (χ0n) is 10.3. The van der Waals surface area contributed by atoms with Crippen molar-refractivity contribution in [3.05, 3.63) is 18.2 Å². The maximum absolute atomic E-state index is 5.21. The van der Waals surface area contributed by atoms with E-state index in [2.05, 4.69) is 27.5 Å². The Morgan fingerprint density at radius 1 is 1.53 bits per heavy atom. The van der Waals surface area contributed by atoms with Gasteiger partial charge in [0.05, 0.1) is 0 Å². The van der Waals surface area contributed by atoms with Gasteiger partial charge in [0.25, 0.3) is 0 Å². The minimum atomic E-state index is 0.368. The summed E-state index contributed by atoms with van der Waals surface area (Å²) in [5.74, 6) is 1.19. The molecule has 1 unspecified atom stereocenters. The molecule has 0 spiro atoms. The Labute approximate surface area is 100 Å². The average Bonchev–Trinajstić information content (AvgIpc) is 2.94. The highest BCUT2D eigenvalue weighted by Gasteiger charge is 2.13. The topological polar surface area (TPSA) is 68.8 Å². The van der Waals surface area contributed by atoms with Crippen molar-refractivity contribution in [2.24, 2.45) is 7.05 Å². The zero-order chi connectivity index (χ0) is 12.3. The van der Waals surface area contributed by atoms with Gasteiger partial charge >= 0.3 is 0 Å². The summed E-state index contributed by atoms with van der Waals surface area (Å²) in [5, 5.41) is 11.4. The van der Waals surface area contributed by atoms with Crippen LogP contribution < -0.4 is 5.32 Å². The van der Waals surface area contributed by atoms with Crippen LogP contribution in [-0.2, 0) is 13.5 Å². The molecule has 0 saturated heterocycles. The van der Waals surface area contributed by atoms with E-state index in [0.717, 1.165) is 18.5 Å². The summed E-state index contributed by atoms with van der Waals surface area (Å²) < 4.78 is 6.93. The molecule has 92 valence electrons. The van der Waals surface area contributed by atoms with Crippen LogP contribution in [0.1, 0.15) is 19.2 Å². The van der Waals surface area contributed by atoms with Crippen molar-refractivity contribution in [1.82, 2.24) is 25.2 Å². The molecule has 0 fully saturated rings. The van der Waals surface area contributed by atoms with Gasteiger partial charge in [0.2, 0.25) is 11.7 Å². The predicted molar refractivity (Wildman–Crippen MR) is 63.3 cm³/mol. The number of hydrogen-bond donors (Lipinski definition) is 1. The van der Waals surface area contributed by atoms with Crippen molar-refractivity contribution in [2.75, 3.05) is 7.05 Å². The summed E-state index contributed by atoms with van der Waals surface area (Å²) in [6.45, 7) is 2.12. The maximum atomic E-state index is 5.21. The first-order chi connectivity index (χ1) is 8.22. The lowest BCUT2D eigenvalue weighted by Crippen LogP contribution is -2.26. The summed E-state index contributed by atoms with van der Waals surface area (Å²) in [6, 6.07) is 2.23. The molecule has 2 aromatic heterocycles. The normalized spacial score (nSPS) is 12.9. The quantitative estimate of drug-likeness (QED) is 0.837. The van der Waals surface area contributed by atoms with Gasteiger partial charge in [-0.15, -0.1) is 0 Å². The Hall–Kier alpha value is -1.69. The summed E-state index contributed by atoms with van der Waals surface area (Å²) in [5.41, 5.74) is 0.736. The smallest absolute Gasteiger partial charge is 0.228 e. The number of aromatic nitrogens is 4. The highest BCUT2D eigenvalue weighted by Crippen LogP contribution is 2.13. The van der Waals surface area contributed by atoms with Crippen LogP contribution >= 0.6 is 0 Å².